The molecule has 3 amide bonds. The van der Waals surface area contributed by atoms with Crippen LogP contribution in [0.3, 0.4) is 0 Å². The Morgan fingerprint density at radius 1 is 1.00 bits per heavy atom. The summed E-state index contributed by atoms with van der Waals surface area (Å²) in [5, 5.41) is 22.4. The highest BCUT2D eigenvalue weighted by Gasteiger charge is 2.35. The highest BCUT2D eigenvalue weighted by atomic mass is 35.5. The smallest absolute Gasteiger partial charge is 0.273 e. The first-order chi connectivity index (χ1) is 24.2. The Morgan fingerprint density at radius 2 is 1.80 bits per heavy atom. The van der Waals surface area contributed by atoms with Crippen molar-refractivity contribution in [2.45, 2.75) is 44.8 Å². The number of nitrogens with one attached hydrogen (secondary N) is 3. The summed E-state index contributed by atoms with van der Waals surface area (Å²) in [4.78, 5) is 49.1. The Morgan fingerprint density at radius 3 is 2.56 bits per heavy atom. The lowest BCUT2D eigenvalue weighted by Gasteiger charge is -2.40. The van der Waals surface area contributed by atoms with E-state index in [1.807, 2.05) is 48.5 Å². The van der Waals surface area contributed by atoms with Crippen molar-refractivity contribution in [1.29, 1.82) is 0 Å². The van der Waals surface area contributed by atoms with E-state index in [4.69, 9.17) is 21.7 Å². The molecule has 50 heavy (non-hydrogen) atoms. The molecule has 2 saturated heterocycles. The molecule has 1 aromatic carbocycles. The van der Waals surface area contributed by atoms with E-state index < -0.39 is 5.91 Å². The van der Waals surface area contributed by atoms with Crippen LogP contribution < -0.4 is 20.9 Å². The summed E-state index contributed by atoms with van der Waals surface area (Å²) in [6.45, 7) is 4.52. The number of anilines is 4. The average molecular weight is 696 g/mol. The van der Waals surface area contributed by atoms with Crippen LogP contribution in [0.2, 0.25) is 5.02 Å². The van der Waals surface area contributed by atoms with Crippen LogP contribution in [0.15, 0.2) is 42.6 Å². The Bertz CT molecular complexity index is 2000. The van der Waals surface area contributed by atoms with E-state index >= 15 is 0 Å². The number of rotatable bonds is 9. The molecule has 14 nitrogen and oxygen atoms in total. The normalized spacial score (nSPS) is 17.2. The first kappa shape index (κ1) is 32.1. The number of aromatic nitrogens is 5. The maximum absolute atomic E-state index is 12.9. The van der Waals surface area contributed by atoms with Gasteiger partial charge in [-0.25, -0.2) is 4.98 Å². The number of carbonyl (C=O) groups excluding carboxylic acids is 3. The number of hydrogen-bond donors (Lipinski definition) is 3. The standard InChI is InChI=1S/C35H38ClN11O3/c1-37-34(49)31-27(14-30(42-43-31)41-33(48)20-8-9-20)40-28-13-21(36)12-24-25-15-38-47(29(25)19-44(2)32(24)28)23-17-45(18-23)16-22-6-5-7-26(39-22)35(50)46-10-3-4-11-46/h5-7,12-15,20,23H,3-4,8-11,16-19H2,1-2H3,(H,37,49)(H2,40,41,42,48). The SMILES string of the molecule is CNC(=O)c1nnc(NC(=O)C2CC2)cc1Nc1cc(Cl)cc2c1N(C)Cc1c-2cnn1C1CN(Cc2cccc(C(=O)N3CCCC3)n2)C1. The van der Waals surface area contributed by atoms with Gasteiger partial charge in [-0.05, 0) is 49.9 Å². The predicted molar refractivity (Wildman–Crippen MR) is 189 cm³/mol. The van der Waals surface area contributed by atoms with Gasteiger partial charge in [0.1, 0.15) is 5.69 Å². The minimum atomic E-state index is -0.415. The minimum absolute atomic E-state index is 0.0101. The van der Waals surface area contributed by atoms with Gasteiger partial charge in [-0.3, -0.25) is 24.0 Å². The maximum atomic E-state index is 12.9. The Labute approximate surface area is 294 Å². The zero-order chi connectivity index (χ0) is 34.5. The van der Waals surface area contributed by atoms with Gasteiger partial charge in [0.2, 0.25) is 5.91 Å². The van der Waals surface area contributed by atoms with Crippen LogP contribution in [0.1, 0.15) is 64.1 Å². The van der Waals surface area contributed by atoms with Crippen molar-refractivity contribution < 1.29 is 14.4 Å². The number of carbonyl (C=O) groups is 3. The van der Waals surface area contributed by atoms with E-state index in [9.17, 15) is 14.4 Å². The Kier molecular flexibility index (Phi) is 8.35. The summed E-state index contributed by atoms with van der Waals surface area (Å²) in [7, 11) is 3.54. The molecule has 0 bridgehead atoms. The van der Waals surface area contributed by atoms with Crippen molar-refractivity contribution in [2.24, 2.45) is 5.92 Å². The largest absolute Gasteiger partial charge is 0.366 e. The number of amides is 3. The third-order valence-electron chi connectivity index (χ3n) is 9.83. The van der Waals surface area contributed by atoms with Crippen molar-refractivity contribution in [3.63, 3.8) is 0 Å². The third-order valence-corrected chi connectivity index (χ3v) is 10.0. The van der Waals surface area contributed by atoms with Crippen molar-refractivity contribution in [3.8, 4) is 11.1 Å². The number of nitrogens with zero attached hydrogens (tertiary/aromatic N) is 8. The second-order valence-electron chi connectivity index (χ2n) is 13.5. The molecule has 3 aromatic heterocycles. The van der Waals surface area contributed by atoms with Gasteiger partial charge in [-0.1, -0.05) is 17.7 Å². The molecule has 0 atom stereocenters. The molecular formula is C35H38ClN11O3. The molecule has 0 unspecified atom stereocenters. The zero-order valence-electron chi connectivity index (χ0n) is 27.9. The number of benzene rings is 1. The van der Waals surface area contributed by atoms with Crippen LogP contribution in [0.25, 0.3) is 11.1 Å². The van der Waals surface area contributed by atoms with Crippen molar-refractivity contribution >= 4 is 52.2 Å². The van der Waals surface area contributed by atoms with Gasteiger partial charge in [0, 0.05) is 75.0 Å². The lowest BCUT2D eigenvalue weighted by molar-refractivity contribution is -0.117. The van der Waals surface area contributed by atoms with Crippen molar-refractivity contribution in [1.82, 2.24) is 40.1 Å². The monoisotopic (exact) mass is 695 g/mol. The van der Waals surface area contributed by atoms with Crippen molar-refractivity contribution in [3.05, 3.63) is 70.4 Å². The molecule has 15 heteroatoms. The summed E-state index contributed by atoms with van der Waals surface area (Å²) >= 11 is 6.72. The minimum Gasteiger partial charge on any atom is -0.366 e. The first-order valence-electron chi connectivity index (χ1n) is 17.0. The summed E-state index contributed by atoms with van der Waals surface area (Å²) in [5.74, 6) is -0.250. The summed E-state index contributed by atoms with van der Waals surface area (Å²) in [6, 6.07) is 11.3. The number of pyridine rings is 1. The Balaban J connectivity index is 1.01. The summed E-state index contributed by atoms with van der Waals surface area (Å²) in [6.07, 6.45) is 5.71. The van der Waals surface area contributed by atoms with Crippen molar-refractivity contribution in [2.75, 3.05) is 55.8 Å². The molecule has 4 aliphatic rings. The van der Waals surface area contributed by atoms with E-state index in [-0.39, 0.29) is 35.3 Å². The van der Waals surface area contributed by atoms with Crippen LogP contribution in [0, 0.1) is 5.92 Å². The number of halogens is 1. The van der Waals surface area contributed by atoms with Gasteiger partial charge < -0.3 is 25.8 Å². The maximum Gasteiger partial charge on any atom is 0.273 e. The molecule has 1 aliphatic carbocycles. The van der Waals surface area contributed by atoms with E-state index in [0.717, 1.165) is 80.1 Å². The highest BCUT2D eigenvalue weighted by Crippen LogP contribution is 2.46. The lowest BCUT2D eigenvalue weighted by atomic mass is 9.97. The third kappa shape index (κ3) is 6.13. The zero-order valence-corrected chi connectivity index (χ0v) is 28.7. The number of fused-ring (bicyclic) bond motifs is 3. The van der Waals surface area contributed by atoms with E-state index in [2.05, 4.69) is 40.6 Å². The first-order valence-corrected chi connectivity index (χ1v) is 17.4. The molecule has 3 fully saturated rings. The fourth-order valence-corrected chi connectivity index (χ4v) is 7.30. The molecule has 0 spiro atoms. The highest BCUT2D eigenvalue weighted by molar-refractivity contribution is 6.31. The molecule has 1 saturated carbocycles. The molecular weight excluding hydrogens is 658 g/mol. The summed E-state index contributed by atoms with van der Waals surface area (Å²) < 4.78 is 2.12. The number of likely N-dealkylation sites (tertiary alicyclic amines) is 2. The molecule has 8 rings (SSSR count). The van der Waals surface area contributed by atoms with Gasteiger partial charge >= 0.3 is 0 Å². The molecule has 3 aliphatic heterocycles. The van der Waals surface area contributed by atoms with Gasteiger partial charge in [0.15, 0.2) is 11.5 Å². The van der Waals surface area contributed by atoms with E-state index in [1.54, 1.807) is 6.07 Å². The molecule has 4 aromatic rings. The Hall–Kier alpha value is -5.08. The van der Waals surface area contributed by atoms with Crippen LogP contribution in [0.4, 0.5) is 22.9 Å². The number of hydrogen-bond acceptors (Lipinski definition) is 10. The molecule has 6 heterocycles. The topological polar surface area (TPSA) is 154 Å². The quantitative estimate of drug-likeness (QED) is 0.233. The van der Waals surface area contributed by atoms with Gasteiger partial charge in [0.25, 0.3) is 11.8 Å². The van der Waals surface area contributed by atoms with Crippen LogP contribution in [-0.2, 0) is 17.9 Å². The van der Waals surface area contributed by atoms with Crippen LogP contribution in [0.5, 0.6) is 0 Å². The molecule has 0 radical (unpaired) electrons. The second-order valence-corrected chi connectivity index (χ2v) is 13.9. The van der Waals surface area contributed by atoms with Gasteiger partial charge in [-0.15, -0.1) is 10.2 Å². The predicted octanol–water partition coefficient (Wildman–Crippen LogP) is 4.08. The van der Waals surface area contributed by atoms with Crippen LogP contribution in [-0.4, -0.2) is 92.8 Å². The van der Waals surface area contributed by atoms with E-state index in [1.165, 1.54) is 7.05 Å². The fourth-order valence-electron chi connectivity index (χ4n) is 7.08. The molecule has 258 valence electrons. The average Bonchev–Trinajstić information content (AvgIpc) is 3.64. The van der Waals surface area contributed by atoms with Gasteiger partial charge in [-0.2, -0.15) is 5.10 Å². The van der Waals surface area contributed by atoms with Crippen LogP contribution >= 0.6 is 11.6 Å². The van der Waals surface area contributed by atoms with E-state index in [0.29, 0.717) is 35.2 Å². The summed E-state index contributed by atoms with van der Waals surface area (Å²) in [5.41, 5.74) is 6.47. The fraction of sp³-hybridized carbons (Fsp3) is 0.400. The lowest BCUT2D eigenvalue weighted by Crippen LogP contribution is -2.48. The second kappa shape index (κ2) is 13.0. The molecule has 3 N–H and O–H groups in total. The van der Waals surface area contributed by atoms with Gasteiger partial charge in [0.05, 0.1) is 47.2 Å².